The van der Waals surface area contributed by atoms with Crippen LogP contribution in [0.25, 0.3) is 27.7 Å². The molecule has 3 aromatic heterocycles. The van der Waals surface area contributed by atoms with Gasteiger partial charge in [-0.2, -0.15) is 0 Å². The molecule has 0 saturated carbocycles. The summed E-state index contributed by atoms with van der Waals surface area (Å²) in [7, 11) is 1.60. The van der Waals surface area contributed by atoms with Crippen LogP contribution < -0.4 is 11.1 Å². The third-order valence-corrected chi connectivity index (χ3v) is 6.06. The highest BCUT2D eigenvalue weighted by Crippen LogP contribution is 2.39. The lowest BCUT2D eigenvalue weighted by molar-refractivity contribution is -0.117. The zero-order chi connectivity index (χ0) is 22.5. The van der Waals surface area contributed by atoms with Crippen LogP contribution in [0.4, 0.5) is 5.00 Å². The average Bonchev–Trinajstić information content (AvgIpc) is 3.42. The Kier molecular flexibility index (Phi) is 6.49. The van der Waals surface area contributed by atoms with Crippen LogP contribution in [0.1, 0.15) is 17.2 Å². The standard InChI is InChI=1S/C25H24N4O2S/c1-3-16(14-31-2)23-22(19-10-7-11-27-24(19)29-23)18-12-21(32-15-18)28-25(30)20(13-26)17-8-5-4-6-9-17/h3-12,14-15,20H,1,13,26H2,2H3,(H,27,29)(H,28,30)/b16-14+. The summed E-state index contributed by atoms with van der Waals surface area (Å²) in [5.41, 5.74) is 11.2. The molecule has 7 heteroatoms. The first kappa shape index (κ1) is 21.5. The first-order chi connectivity index (χ1) is 15.7. The molecule has 4 aromatic rings. The van der Waals surface area contributed by atoms with E-state index in [1.165, 1.54) is 11.3 Å². The van der Waals surface area contributed by atoms with Crippen LogP contribution in [0.3, 0.4) is 0 Å². The Bertz CT molecular complexity index is 1270. The molecule has 0 spiro atoms. The van der Waals surface area contributed by atoms with Gasteiger partial charge in [0.05, 0.1) is 30.0 Å². The fourth-order valence-electron chi connectivity index (χ4n) is 3.70. The van der Waals surface area contributed by atoms with Gasteiger partial charge < -0.3 is 20.8 Å². The summed E-state index contributed by atoms with van der Waals surface area (Å²) in [5, 5.41) is 6.77. The molecule has 1 aromatic carbocycles. The number of hydrogen-bond donors (Lipinski definition) is 3. The van der Waals surface area contributed by atoms with Crippen LogP contribution in [0.2, 0.25) is 0 Å². The average molecular weight is 445 g/mol. The van der Waals surface area contributed by atoms with Gasteiger partial charge in [-0.1, -0.05) is 43.0 Å². The monoisotopic (exact) mass is 444 g/mol. The molecule has 0 fully saturated rings. The van der Waals surface area contributed by atoms with Gasteiger partial charge in [0.1, 0.15) is 5.65 Å². The largest absolute Gasteiger partial charge is 0.504 e. The topological polar surface area (TPSA) is 93.0 Å². The molecule has 0 saturated heterocycles. The van der Waals surface area contributed by atoms with E-state index < -0.39 is 5.92 Å². The molecule has 32 heavy (non-hydrogen) atoms. The Morgan fingerprint density at radius 3 is 2.84 bits per heavy atom. The number of aromatic amines is 1. The fourth-order valence-corrected chi connectivity index (χ4v) is 4.49. The van der Waals surface area contributed by atoms with Crippen LogP contribution in [0.15, 0.2) is 79.0 Å². The second-order valence-electron chi connectivity index (χ2n) is 7.18. The molecule has 1 atom stereocenters. The zero-order valence-corrected chi connectivity index (χ0v) is 18.5. The number of nitrogens with two attached hydrogens (primary N) is 1. The predicted molar refractivity (Wildman–Crippen MR) is 131 cm³/mol. The number of thiophene rings is 1. The number of hydrogen-bond acceptors (Lipinski definition) is 5. The van der Waals surface area contributed by atoms with Crippen molar-refractivity contribution < 1.29 is 9.53 Å². The minimum atomic E-state index is -0.411. The number of aromatic nitrogens is 2. The normalized spacial score (nSPS) is 12.5. The molecule has 4 N–H and O–H groups in total. The Morgan fingerprint density at radius 2 is 2.12 bits per heavy atom. The van der Waals surface area contributed by atoms with E-state index in [0.717, 1.165) is 44.0 Å². The number of anilines is 1. The van der Waals surface area contributed by atoms with E-state index in [1.807, 2.05) is 53.9 Å². The Hall–Kier alpha value is -3.68. The number of nitrogens with one attached hydrogen (secondary N) is 2. The smallest absolute Gasteiger partial charge is 0.233 e. The lowest BCUT2D eigenvalue weighted by atomic mass is 9.98. The summed E-state index contributed by atoms with van der Waals surface area (Å²) >= 11 is 1.47. The number of fused-ring (bicyclic) bond motifs is 1. The molecule has 0 aliphatic carbocycles. The van der Waals surface area contributed by atoms with Gasteiger partial charge in [0, 0.05) is 34.6 Å². The van der Waals surface area contributed by atoms with Crippen molar-refractivity contribution in [3.8, 4) is 11.1 Å². The van der Waals surface area contributed by atoms with Gasteiger partial charge in [-0.25, -0.2) is 4.98 Å². The van der Waals surface area contributed by atoms with Crippen molar-refractivity contribution in [2.24, 2.45) is 5.73 Å². The molecule has 0 bridgehead atoms. The molecule has 162 valence electrons. The van der Waals surface area contributed by atoms with E-state index >= 15 is 0 Å². The van der Waals surface area contributed by atoms with E-state index in [4.69, 9.17) is 10.5 Å². The van der Waals surface area contributed by atoms with Crippen molar-refractivity contribution in [3.05, 3.63) is 90.3 Å². The number of H-pyrrole nitrogens is 1. The van der Waals surface area contributed by atoms with Crippen molar-refractivity contribution in [2.45, 2.75) is 5.92 Å². The second-order valence-corrected chi connectivity index (χ2v) is 8.09. The highest BCUT2D eigenvalue weighted by atomic mass is 32.1. The number of nitrogens with zero attached hydrogens (tertiary/aromatic N) is 1. The fraction of sp³-hybridized carbons (Fsp3) is 0.120. The third-order valence-electron chi connectivity index (χ3n) is 5.21. The lowest BCUT2D eigenvalue weighted by Gasteiger charge is -2.14. The van der Waals surface area contributed by atoms with Gasteiger partial charge in [-0.15, -0.1) is 11.3 Å². The molecular formula is C25H24N4O2S. The SMILES string of the molecule is C=C/C(=C\OC)c1[nH]c2ncccc2c1-c1csc(NC(=O)C(CN)c2ccccc2)c1. The highest BCUT2D eigenvalue weighted by molar-refractivity contribution is 7.14. The van der Waals surface area contributed by atoms with Crippen molar-refractivity contribution in [1.82, 2.24) is 9.97 Å². The minimum absolute atomic E-state index is 0.126. The first-order valence-electron chi connectivity index (χ1n) is 10.1. The first-order valence-corrected chi connectivity index (χ1v) is 11.0. The Labute approximate surface area is 190 Å². The number of pyridine rings is 1. The number of allylic oxidation sites excluding steroid dienone is 2. The van der Waals surface area contributed by atoms with E-state index in [9.17, 15) is 4.79 Å². The second kappa shape index (κ2) is 9.64. The lowest BCUT2D eigenvalue weighted by Crippen LogP contribution is -2.27. The number of rotatable bonds is 8. The molecule has 0 radical (unpaired) electrons. The molecule has 3 heterocycles. The zero-order valence-electron chi connectivity index (χ0n) is 17.7. The van der Waals surface area contributed by atoms with Gasteiger partial charge in [0.25, 0.3) is 0 Å². The number of carbonyl (C=O) groups excluding carboxylic acids is 1. The predicted octanol–water partition coefficient (Wildman–Crippen LogP) is 5.15. The van der Waals surface area contributed by atoms with E-state index in [0.29, 0.717) is 0 Å². The molecule has 0 aliphatic rings. The van der Waals surface area contributed by atoms with E-state index in [1.54, 1.807) is 25.6 Å². The van der Waals surface area contributed by atoms with Crippen molar-refractivity contribution in [1.29, 1.82) is 0 Å². The number of amides is 1. The van der Waals surface area contributed by atoms with E-state index in [2.05, 4.69) is 21.9 Å². The summed E-state index contributed by atoms with van der Waals surface area (Å²) in [6.45, 7) is 4.14. The number of ether oxygens (including phenoxy) is 1. The van der Waals surface area contributed by atoms with Crippen molar-refractivity contribution in [2.75, 3.05) is 19.0 Å². The van der Waals surface area contributed by atoms with Gasteiger partial charge in [0.2, 0.25) is 5.91 Å². The quantitative estimate of drug-likeness (QED) is 0.259. The number of benzene rings is 1. The molecule has 1 unspecified atom stereocenters. The summed E-state index contributed by atoms with van der Waals surface area (Å²) < 4.78 is 5.23. The molecule has 0 aliphatic heterocycles. The molecular weight excluding hydrogens is 420 g/mol. The molecule has 6 nitrogen and oxygen atoms in total. The van der Waals surface area contributed by atoms with Gasteiger partial charge >= 0.3 is 0 Å². The molecule has 4 rings (SSSR count). The number of methoxy groups -OCH3 is 1. The number of carbonyl (C=O) groups is 1. The van der Waals surface area contributed by atoms with E-state index in [-0.39, 0.29) is 12.5 Å². The maximum atomic E-state index is 12.9. The summed E-state index contributed by atoms with van der Waals surface area (Å²) in [6.07, 6.45) is 5.12. The van der Waals surface area contributed by atoms with Crippen molar-refractivity contribution >= 4 is 38.9 Å². The highest BCUT2D eigenvalue weighted by Gasteiger charge is 2.21. The minimum Gasteiger partial charge on any atom is -0.504 e. The summed E-state index contributed by atoms with van der Waals surface area (Å²) in [4.78, 5) is 20.7. The Morgan fingerprint density at radius 1 is 1.31 bits per heavy atom. The van der Waals surface area contributed by atoms with Gasteiger partial charge in [-0.05, 0) is 29.3 Å². The summed E-state index contributed by atoms with van der Waals surface area (Å²) in [6, 6.07) is 15.5. The summed E-state index contributed by atoms with van der Waals surface area (Å²) in [5.74, 6) is -0.536. The maximum Gasteiger partial charge on any atom is 0.233 e. The maximum absolute atomic E-state index is 12.9. The van der Waals surface area contributed by atoms with Crippen LogP contribution in [0.5, 0.6) is 0 Å². The van der Waals surface area contributed by atoms with Gasteiger partial charge in [-0.3, -0.25) is 4.79 Å². The van der Waals surface area contributed by atoms with Crippen LogP contribution in [0, 0.1) is 0 Å². The third kappa shape index (κ3) is 4.21. The molecule has 1 amide bonds. The van der Waals surface area contributed by atoms with Crippen LogP contribution in [-0.2, 0) is 9.53 Å². The van der Waals surface area contributed by atoms with Crippen LogP contribution >= 0.6 is 11.3 Å². The van der Waals surface area contributed by atoms with Crippen LogP contribution in [-0.4, -0.2) is 29.5 Å². The van der Waals surface area contributed by atoms with Crippen molar-refractivity contribution in [3.63, 3.8) is 0 Å². The Balaban J connectivity index is 1.69. The van der Waals surface area contributed by atoms with Gasteiger partial charge in [0.15, 0.2) is 0 Å².